The molecule has 0 aliphatic rings. The first-order valence-electron chi connectivity index (χ1n) is 10.6. The Labute approximate surface area is 201 Å². The van der Waals surface area contributed by atoms with E-state index in [1.54, 1.807) is 12.1 Å². The van der Waals surface area contributed by atoms with Crippen molar-refractivity contribution in [1.29, 1.82) is 0 Å². The first-order valence-corrected chi connectivity index (χ1v) is 10.6. The Morgan fingerprint density at radius 2 is 1.74 bits per heavy atom. The fourth-order valence-electron chi connectivity index (χ4n) is 3.75. The zero-order chi connectivity index (χ0) is 23.4. The van der Waals surface area contributed by atoms with Gasteiger partial charge in [-0.3, -0.25) is 4.79 Å². The van der Waals surface area contributed by atoms with Crippen LogP contribution in [0.4, 0.5) is 13.2 Å². The van der Waals surface area contributed by atoms with Gasteiger partial charge < -0.3 is 15.5 Å². The van der Waals surface area contributed by atoms with Crippen LogP contribution < -0.4 is 11.1 Å². The second kappa shape index (κ2) is 10.8. The number of carbonyl (C=O) groups is 1. The average Bonchev–Trinajstić information content (AvgIpc) is 3.21. The molecule has 1 amide bonds. The largest absolute Gasteiger partial charge is 0.461 e. The zero-order valence-electron chi connectivity index (χ0n) is 18.2. The predicted molar refractivity (Wildman–Crippen MR) is 129 cm³/mol. The molecule has 0 bridgehead atoms. The van der Waals surface area contributed by atoms with Gasteiger partial charge in [0.1, 0.15) is 11.3 Å². The van der Waals surface area contributed by atoms with Crippen LogP contribution in [-0.2, 0) is 12.6 Å². The van der Waals surface area contributed by atoms with Crippen molar-refractivity contribution in [2.24, 2.45) is 5.73 Å². The van der Waals surface area contributed by atoms with Gasteiger partial charge in [0.2, 0.25) is 0 Å². The van der Waals surface area contributed by atoms with Crippen molar-refractivity contribution in [3.05, 3.63) is 95.2 Å². The summed E-state index contributed by atoms with van der Waals surface area (Å²) < 4.78 is 45.0. The number of hydrogen-bond donors (Lipinski definition) is 2. The highest BCUT2D eigenvalue weighted by Crippen LogP contribution is 2.33. The zero-order valence-corrected chi connectivity index (χ0v) is 19.0. The third-order valence-electron chi connectivity index (χ3n) is 5.35. The van der Waals surface area contributed by atoms with Gasteiger partial charge in [-0.15, -0.1) is 12.4 Å². The van der Waals surface area contributed by atoms with E-state index in [1.807, 2.05) is 42.5 Å². The van der Waals surface area contributed by atoms with E-state index in [4.69, 9.17) is 10.2 Å². The lowest BCUT2D eigenvalue weighted by Crippen LogP contribution is -2.25. The minimum Gasteiger partial charge on any atom is -0.461 e. The number of amides is 1. The first-order chi connectivity index (χ1) is 15.8. The summed E-state index contributed by atoms with van der Waals surface area (Å²) in [6.45, 7) is 1.02. The van der Waals surface area contributed by atoms with Gasteiger partial charge in [-0.05, 0) is 60.0 Å². The minimum atomic E-state index is -4.39. The van der Waals surface area contributed by atoms with Crippen molar-refractivity contribution < 1.29 is 22.4 Å². The third kappa shape index (κ3) is 5.79. The van der Waals surface area contributed by atoms with Crippen LogP contribution in [0.25, 0.3) is 22.1 Å². The van der Waals surface area contributed by atoms with E-state index >= 15 is 0 Å². The number of hydrogen-bond acceptors (Lipinski definition) is 3. The summed E-state index contributed by atoms with van der Waals surface area (Å²) in [5, 5.41) is 3.68. The molecule has 1 aromatic heterocycles. The van der Waals surface area contributed by atoms with Gasteiger partial charge in [-0.25, -0.2) is 0 Å². The van der Waals surface area contributed by atoms with E-state index in [1.165, 1.54) is 6.07 Å². The Morgan fingerprint density at radius 1 is 0.971 bits per heavy atom. The standard InChI is InChI=1S/C26H23F3N2O2.ClH/c27-26(28,29)20-8-1-5-17(13-20)14-21-16-23-22(9-3-10-24(23)33-21)18-6-2-7-19(15-18)25(32)31-12-4-11-30;/h1-3,5-10,13,15-16H,4,11-12,14,30H2,(H,31,32);1H. The highest BCUT2D eigenvalue weighted by atomic mass is 35.5. The molecule has 8 heteroatoms. The fourth-order valence-corrected chi connectivity index (χ4v) is 3.75. The number of halogens is 4. The van der Waals surface area contributed by atoms with Gasteiger partial charge in [0.05, 0.1) is 5.56 Å². The number of rotatable bonds is 7. The molecule has 4 aromatic rings. The van der Waals surface area contributed by atoms with Crippen molar-refractivity contribution in [2.75, 3.05) is 13.1 Å². The van der Waals surface area contributed by atoms with Crippen molar-refractivity contribution in [2.45, 2.75) is 19.0 Å². The van der Waals surface area contributed by atoms with E-state index < -0.39 is 11.7 Å². The highest BCUT2D eigenvalue weighted by Gasteiger charge is 2.30. The van der Waals surface area contributed by atoms with Crippen LogP contribution >= 0.6 is 12.4 Å². The highest BCUT2D eigenvalue weighted by molar-refractivity contribution is 5.98. The average molecular weight is 489 g/mol. The summed E-state index contributed by atoms with van der Waals surface area (Å²) in [5.41, 5.74) is 8.20. The molecular weight excluding hydrogens is 465 g/mol. The molecule has 4 nitrogen and oxygen atoms in total. The van der Waals surface area contributed by atoms with Crippen LogP contribution in [0.1, 0.15) is 33.7 Å². The van der Waals surface area contributed by atoms with Gasteiger partial charge in [-0.2, -0.15) is 13.2 Å². The molecule has 34 heavy (non-hydrogen) atoms. The summed E-state index contributed by atoms with van der Waals surface area (Å²) in [5.74, 6) is 0.391. The Balaban J connectivity index is 0.00000324. The lowest BCUT2D eigenvalue weighted by Gasteiger charge is -2.08. The molecule has 178 valence electrons. The number of nitrogens with one attached hydrogen (secondary N) is 1. The van der Waals surface area contributed by atoms with E-state index in [0.29, 0.717) is 42.0 Å². The fraction of sp³-hybridized carbons (Fsp3) is 0.192. The number of benzene rings is 3. The van der Waals surface area contributed by atoms with Gasteiger partial charge in [-0.1, -0.05) is 42.5 Å². The molecule has 0 saturated carbocycles. The maximum atomic E-state index is 13.0. The predicted octanol–water partition coefficient (Wildman–Crippen LogP) is 6.21. The monoisotopic (exact) mass is 488 g/mol. The summed E-state index contributed by atoms with van der Waals surface area (Å²) >= 11 is 0. The molecule has 0 atom stereocenters. The van der Waals surface area contributed by atoms with Crippen LogP contribution in [0.3, 0.4) is 0 Å². The second-order valence-electron chi connectivity index (χ2n) is 7.78. The van der Waals surface area contributed by atoms with Crippen molar-refractivity contribution in [1.82, 2.24) is 5.32 Å². The van der Waals surface area contributed by atoms with Crippen LogP contribution in [0.5, 0.6) is 0 Å². The minimum absolute atomic E-state index is 0. The molecule has 0 unspecified atom stereocenters. The summed E-state index contributed by atoms with van der Waals surface area (Å²) in [6.07, 6.45) is -3.45. The van der Waals surface area contributed by atoms with Crippen molar-refractivity contribution in [3.8, 4) is 11.1 Å². The summed E-state index contributed by atoms with van der Waals surface area (Å²) in [4.78, 5) is 12.4. The smallest absolute Gasteiger partial charge is 0.416 e. The Bertz CT molecular complexity index is 1280. The van der Waals surface area contributed by atoms with Crippen LogP contribution in [-0.4, -0.2) is 19.0 Å². The molecule has 3 N–H and O–H groups in total. The number of carbonyl (C=O) groups excluding carboxylic acids is 1. The first kappa shape index (κ1) is 25.3. The number of nitrogens with two attached hydrogens (primary N) is 1. The molecule has 0 radical (unpaired) electrons. The van der Waals surface area contributed by atoms with Crippen LogP contribution in [0, 0.1) is 0 Å². The SMILES string of the molecule is Cl.NCCCNC(=O)c1cccc(-c2cccc3oc(Cc4cccc(C(F)(F)F)c4)cc23)c1. The number of furan rings is 1. The van der Waals surface area contributed by atoms with Gasteiger partial charge >= 0.3 is 6.18 Å². The Hall–Kier alpha value is -3.29. The van der Waals surface area contributed by atoms with E-state index in [0.717, 1.165) is 28.6 Å². The molecule has 0 saturated heterocycles. The Kier molecular flexibility index (Phi) is 8.02. The summed E-state index contributed by atoms with van der Waals surface area (Å²) in [6, 6.07) is 20.0. The van der Waals surface area contributed by atoms with Crippen molar-refractivity contribution in [3.63, 3.8) is 0 Å². The topological polar surface area (TPSA) is 68.3 Å². The maximum Gasteiger partial charge on any atom is 0.416 e. The van der Waals surface area contributed by atoms with E-state index in [2.05, 4.69) is 5.32 Å². The van der Waals surface area contributed by atoms with E-state index in [9.17, 15) is 18.0 Å². The maximum absolute atomic E-state index is 13.0. The van der Waals surface area contributed by atoms with Gasteiger partial charge in [0, 0.05) is 23.9 Å². The molecule has 0 aliphatic carbocycles. The second-order valence-corrected chi connectivity index (χ2v) is 7.78. The van der Waals surface area contributed by atoms with Crippen LogP contribution in [0.2, 0.25) is 0 Å². The normalized spacial score (nSPS) is 11.3. The quantitative estimate of drug-likeness (QED) is 0.304. The van der Waals surface area contributed by atoms with Crippen LogP contribution in [0.15, 0.2) is 77.2 Å². The van der Waals surface area contributed by atoms with E-state index in [-0.39, 0.29) is 24.7 Å². The number of fused-ring (bicyclic) bond motifs is 1. The van der Waals surface area contributed by atoms with Crippen molar-refractivity contribution >= 4 is 29.3 Å². The third-order valence-corrected chi connectivity index (χ3v) is 5.35. The lowest BCUT2D eigenvalue weighted by molar-refractivity contribution is -0.137. The molecule has 0 fully saturated rings. The molecule has 4 rings (SSSR count). The molecular formula is C26H24ClF3N2O2. The van der Waals surface area contributed by atoms with Gasteiger partial charge in [0.15, 0.2) is 0 Å². The molecule has 0 aliphatic heterocycles. The lowest BCUT2D eigenvalue weighted by atomic mass is 9.99. The van der Waals surface area contributed by atoms with Gasteiger partial charge in [0.25, 0.3) is 5.91 Å². The molecule has 1 heterocycles. The molecule has 0 spiro atoms. The number of alkyl halides is 3. The summed E-state index contributed by atoms with van der Waals surface area (Å²) in [7, 11) is 0. The molecule has 3 aromatic carbocycles. The Morgan fingerprint density at radius 3 is 2.50 bits per heavy atom.